The van der Waals surface area contributed by atoms with Crippen molar-refractivity contribution >= 4 is 0 Å². The lowest BCUT2D eigenvalue weighted by Gasteiger charge is -2.44. The third kappa shape index (κ3) is 8.34. The quantitative estimate of drug-likeness (QED) is 0.433. The predicted octanol–water partition coefficient (Wildman–Crippen LogP) is 7.09. The van der Waals surface area contributed by atoms with Crippen LogP contribution >= 0.6 is 0 Å². The van der Waals surface area contributed by atoms with Gasteiger partial charge in [0.2, 0.25) is 0 Å². The van der Waals surface area contributed by atoms with Gasteiger partial charge in [-0.25, -0.2) is 0 Å². The molecule has 0 unspecified atom stereocenters. The minimum Gasteiger partial charge on any atom is -0.298 e. The molecule has 2 aliphatic heterocycles. The molecule has 2 aliphatic rings. The van der Waals surface area contributed by atoms with Gasteiger partial charge in [0.1, 0.15) is 0 Å². The van der Waals surface area contributed by atoms with E-state index in [1.54, 1.807) is 0 Å². The van der Waals surface area contributed by atoms with Gasteiger partial charge in [-0.3, -0.25) is 9.80 Å². The molecule has 0 atom stereocenters. The zero-order valence-electron chi connectivity index (χ0n) is 21.7. The number of nitrogens with zero attached hydrogens (tertiary/aromatic N) is 2. The second-order valence-corrected chi connectivity index (χ2v) is 13.6. The van der Waals surface area contributed by atoms with Crippen LogP contribution in [0.5, 0.6) is 0 Å². The Labute approximate surface area is 178 Å². The van der Waals surface area contributed by atoms with Gasteiger partial charge in [-0.15, -0.1) is 0 Å². The van der Waals surface area contributed by atoms with Gasteiger partial charge in [0, 0.05) is 11.1 Å². The molecule has 0 bridgehead atoms. The van der Waals surface area contributed by atoms with Crippen LogP contribution in [-0.2, 0) is 0 Å². The molecule has 2 saturated heterocycles. The third-order valence-corrected chi connectivity index (χ3v) is 7.34. The van der Waals surface area contributed by atoms with Crippen molar-refractivity contribution in [3.8, 4) is 0 Å². The van der Waals surface area contributed by atoms with Gasteiger partial charge in [0.15, 0.2) is 0 Å². The van der Waals surface area contributed by atoms with Gasteiger partial charge < -0.3 is 0 Å². The Morgan fingerprint density at radius 3 is 0.786 bits per heavy atom. The summed E-state index contributed by atoms with van der Waals surface area (Å²) in [6.07, 6.45) is 5.50. The summed E-state index contributed by atoms with van der Waals surface area (Å²) in [5.41, 5.74) is 1.74. The minimum absolute atomic E-state index is 0.364. The Kier molecular flexibility index (Phi) is 8.69. The van der Waals surface area contributed by atoms with Gasteiger partial charge >= 0.3 is 0 Å². The van der Waals surface area contributed by atoms with Crippen molar-refractivity contribution in [1.29, 1.82) is 0 Å². The van der Waals surface area contributed by atoms with E-state index in [0.29, 0.717) is 21.9 Å². The first-order valence-corrected chi connectivity index (χ1v) is 11.9. The maximum absolute atomic E-state index is 2.62. The average molecular weight is 395 g/mol. The number of likely N-dealkylation sites (tertiary alicyclic amines) is 2. The summed E-state index contributed by atoms with van der Waals surface area (Å²) in [4.78, 5) is 5.24. The Hall–Kier alpha value is -0.0800. The molecule has 2 nitrogen and oxygen atoms in total. The lowest BCUT2D eigenvalue weighted by atomic mass is 9.75. The smallest absolute Gasteiger partial charge is 0.0125 e. The van der Waals surface area contributed by atoms with Gasteiger partial charge in [-0.05, 0) is 116 Å². The molecular weight excluding hydrogens is 340 g/mol. The van der Waals surface area contributed by atoms with Gasteiger partial charge in [0.05, 0.1) is 0 Å². The monoisotopic (exact) mass is 394 g/mol. The van der Waals surface area contributed by atoms with E-state index in [1.807, 2.05) is 0 Å². The molecule has 0 aromatic heterocycles. The zero-order chi connectivity index (χ0) is 22.0. The SMILES string of the molecule is CC(C)(C)C1CCN(C(C)(C)C)CC1.CC(C)(C)C1CCN(C(C)(C)C)CC1. The summed E-state index contributed by atoms with van der Waals surface area (Å²) in [6.45, 7) is 33.4. The van der Waals surface area contributed by atoms with Crippen LogP contribution in [0.3, 0.4) is 0 Å². The summed E-state index contributed by atoms with van der Waals surface area (Å²) in [7, 11) is 0. The molecule has 2 rings (SSSR count). The third-order valence-electron chi connectivity index (χ3n) is 7.34. The lowest BCUT2D eigenvalue weighted by molar-refractivity contribution is 0.0532. The maximum atomic E-state index is 2.62. The molecule has 168 valence electrons. The molecule has 2 fully saturated rings. The Morgan fingerprint density at radius 2 is 0.643 bits per heavy atom. The maximum Gasteiger partial charge on any atom is 0.0125 e. The van der Waals surface area contributed by atoms with Crippen molar-refractivity contribution in [2.45, 2.75) is 120 Å². The summed E-state index contributed by atoms with van der Waals surface area (Å²) < 4.78 is 0. The van der Waals surface area contributed by atoms with Crippen molar-refractivity contribution in [1.82, 2.24) is 9.80 Å². The Morgan fingerprint density at radius 1 is 0.429 bits per heavy atom. The van der Waals surface area contributed by atoms with Gasteiger partial charge in [-0.1, -0.05) is 41.5 Å². The summed E-state index contributed by atoms with van der Waals surface area (Å²) in [5, 5.41) is 0. The van der Waals surface area contributed by atoms with Gasteiger partial charge in [0.25, 0.3) is 0 Å². The minimum atomic E-state index is 0.364. The standard InChI is InChI=1S/2C13H27N/c2*1-12(2,3)11-7-9-14(10-8-11)13(4,5)6/h2*11H,7-10H2,1-6H3. The van der Waals surface area contributed by atoms with E-state index >= 15 is 0 Å². The summed E-state index contributed by atoms with van der Waals surface area (Å²) in [6, 6.07) is 0. The fourth-order valence-corrected chi connectivity index (χ4v) is 4.83. The average Bonchev–Trinajstić information content (AvgIpc) is 2.52. The molecule has 0 aromatic carbocycles. The largest absolute Gasteiger partial charge is 0.298 e. The normalized spacial score (nSPS) is 22.7. The van der Waals surface area contributed by atoms with Crippen LogP contribution in [-0.4, -0.2) is 47.1 Å². The second kappa shape index (κ2) is 9.38. The molecule has 28 heavy (non-hydrogen) atoms. The summed E-state index contributed by atoms with van der Waals surface area (Å²) in [5.74, 6) is 1.84. The first-order valence-electron chi connectivity index (χ1n) is 11.9. The fraction of sp³-hybridized carbons (Fsp3) is 1.00. The lowest BCUT2D eigenvalue weighted by Crippen LogP contribution is -2.47. The van der Waals surface area contributed by atoms with E-state index < -0.39 is 0 Å². The zero-order valence-corrected chi connectivity index (χ0v) is 21.7. The Bertz CT molecular complexity index is 349. The molecule has 0 aromatic rings. The van der Waals surface area contributed by atoms with E-state index in [9.17, 15) is 0 Å². The van der Waals surface area contributed by atoms with Crippen LogP contribution in [0.25, 0.3) is 0 Å². The van der Waals surface area contributed by atoms with Crippen molar-refractivity contribution in [2.24, 2.45) is 22.7 Å². The molecule has 2 heterocycles. The first kappa shape index (κ1) is 26.0. The highest BCUT2D eigenvalue weighted by molar-refractivity contribution is 4.86. The first-order chi connectivity index (χ1) is 12.4. The number of hydrogen-bond acceptors (Lipinski definition) is 2. The molecule has 0 aliphatic carbocycles. The van der Waals surface area contributed by atoms with E-state index in [2.05, 4.69) is 92.9 Å². The number of hydrogen-bond donors (Lipinski definition) is 0. The van der Waals surface area contributed by atoms with E-state index in [1.165, 1.54) is 51.9 Å². The molecule has 0 radical (unpaired) electrons. The van der Waals surface area contributed by atoms with Crippen molar-refractivity contribution in [2.75, 3.05) is 26.2 Å². The number of piperidine rings is 2. The molecule has 0 saturated carbocycles. The molecule has 2 heteroatoms. The number of rotatable bonds is 0. The second-order valence-electron chi connectivity index (χ2n) is 13.6. The van der Waals surface area contributed by atoms with E-state index in [4.69, 9.17) is 0 Å². The molecule has 0 spiro atoms. The van der Waals surface area contributed by atoms with E-state index in [-0.39, 0.29) is 0 Å². The van der Waals surface area contributed by atoms with Crippen molar-refractivity contribution < 1.29 is 0 Å². The van der Waals surface area contributed by atoms with Crippen LogP contribution in [0.2, 0.25) is 0 Å². The van der Waals surface area contributed by atoms with Crippen LogP contribution in [0.15, 0.2) is 0 Å². The van der Waals surface area contributed by atoms with Crippen molar-refractivity contribution in [3.05, 3.63) is 0 Å². The molecular formula is C26H54N2. The molecule has 0 amide bonds. The van der Waals surface area contributed by atoms with E-state index in [0.717, 1.165) is 11.8 Å². The van der Waals surface area contributed by atoms with Crippen molar-refractivity contribution in [3.63, 3.8) is 0 Å². The highest BCUT2D eigenvalue weighted by atomic mass is 15.2. The fourth-order valence-electron chi connectivity index (χ4n) is 4.83. The van der Waals surface area contributed by atoms with Crippen LogP contribution in [0.4, 0.5) is 0 Å². The highest BCUT2D eigenvalue weighted by Crippen LogP contribution is 2.36. The molecule has 0 N–H and O–H groups in total. The van der Waals surface area contributed by atoms with Crippen LogP contribution in [0, 0.1) is 22.7 Å². The highest BCUT2D eigenvalue weighted by Gasteiger charge is 2.33. The Balaban J connectivity index is 0.000000280. The topological polar surface area (TPSA) is 6.48 Å². The van der Waals surface area contributed by atoms with Gasteiger partial charge in [-0.2, -0.15) is 0 Å². The predicted molar refractivity (Wildman–Crippen MR) is 127 cm³/mol. The summed E-state index contributed by atoms with van der Waals surface area (Å²) >= 11 is 0. The van der Waals surface area contributed by atoms with Crippen LogP contribution < -0.4 is 0 Å². The van der Waals surface area contributed by atoms with Crippen LogP contribution in [0.1, 0.15) is 109 Å².